The lowest BCUT2D eigenvalue weighted by atomic mass is 10.1. The van der Waals surface area contributed by atoms with Crippen LogP contribution in [-0.4, -0.2) is 6.03 Å². The Hall–Kier alpha value is -1.97. The van der Waals surface area contributed by atoms with Crippen molar-refractivity contribution in [2.24, 2.45) is 0 Å². The Morgan fingerprint density at radius 2 is 1.95 bits per heavy atom. The Kier molecular flexibility index (Phi) is 5.26. The second kappa shape index (κ2) is 7.16. The van der Waals surface area contributed by atoms with Gasteiger partial charge in [0.1, 0.15) is 0 Å². The molecule has 0 heterocycles. The first-order valence-corrected chi connectivity index (χ1v) is 7.06. The van der Waals surface area contributed by atoms with E-state index in [9.17, 15) is 4.79 Å². The Labute approximate surface area is 133 Å². The van der Waals surface area contributed by atoms with Crippen LogP contribution in [0.4, 0.5) is 10.5 Å². The normalized spacial score (nSPS) is 10.6. The van der Waals surface area contributed by atoms with E-state index in [2.05, 4.69) is 10.6 Å². The van der Waals surface area contributed by atoms with Crippen LogP contribution in [0.5, 0.6) is 0 Å². The van der Waals surface area contributed by atoms with E-state index in [0.717, 1.165) is 11.1 Å². The molecule has 0 bridgehead atoms. The summed E-state index contributed by atoms with van der Waals surface area (Å²) in [5.74, 6) is 0. The van der Waals surface area contributed by atoms with Crippen molar-refractivity contribution >= 4 is 41.0 Å². The minimum absolute atomic E-state index is 0.386. The van der Waals surface area contributed by atoms with E-state index in [1.165, 1.54) is 0 Å². The van der Waals surface area contributed by atoms with Crippen LogP contribution in [0.25, 0.3) is 6.08 Å². The minimum Gasteiger partial charge on any atom is -0.314 e. The fourth-order valence-electron chi connectivity index (χ4n) is 1.74. The van der Waals surface area contributed by atoms with Crippen LogP contribution in [0, 0.1) is 6.92 Å². The maximum Gasteiger partial charge on any atom is 0.323 e. The van der Waals surface area contributed by atoms with Gasteiger partial charge in [0.2, 0.25) is 0 Å². The predicted octanol–water partition coefficient (Wildman–Crippen LogP) is 5.09. The molecule has 0 atom stereocenters. The van der Waals surface area contributed by atoms with E-state index in [4.69, 9.17) is 23.2 Å². The standard InChI is InChI=1S/C16H14Cl2N2O/c1-11-3-2-4-12(9-11)7-8-19-16(21)20-15-10-13(17)5-6-14(15)18/h2-10H,1H3,(H2,19,20,21)/b8-7+. The first-order valence-electron chi connectivity index (χ1n) is 6.30. The number of carbonyl (C=O) groups is 1. The van der Waals surface area contributed by atoms with E-state index < -0.39 is 0 Å². The second-order valence-corrected chi connectivity index (χ2v) is 5.31. The third-order valence-corrected chi connectivity index (χ3v) is 3.27. The van der Waals surface area contributed by atoms with Gasteiger partial charge < -0.3 is 10.6 Å². The predicted molar refractivity (Wildman–Crippen MR) is 88.8 cm³/mol. The van der Waals surface area contributed by atoms with Gasteiger partial charge in [-0.1, -0.05) is 53.0 Å². The molecule has 0 aromatic heterocycles. The lowest BCUT2D eigenvalue weighted by molar-refractivity contribution is 0.255. The van der Waals surface area contributed by atoms with Crippen LogP contribution >= 0.6 is 23.2 Å². The van der Waals surface area contributed by atoms with Crippen LogP contribution in [0.15, 0.2) is 48.7 Å². The number of aryl methyl sites for hydroxylation is 1. The number of rotatable bonds is 3. The van der Waals surface area contributed by atoms with Gasteiger partial charge >= 0.3 is 6.03 Å². The first kappa shape index (κ1) is 15.4. The molecule has 0 aliphatic heterocycles. The molecule has 0 aliphatic rings. The fraction of sp³-hybridized carbons (Fsp3) is 0.0625. The SMILES string of the molecule is Cc1cccc(/C=C/NC(=O)Nc2cc(Cl)ccc2Cl)c1. The molecule has 0 unspecified atom stereocenters. The maximum atomic E-state index is 11.8. The highest BCUT2D eigenvalue weighted by Crippen LogP contribution is 2.25. The molecule has 2 N–H and O–H groups in total. The zero-order chi connectivity index (χ0) is 15.2. The molecule has 0 spiro atoms. The van der Waals surface area contributed by atoms with Gasteiger partial charge in [-0.25, -0.2) is 4.79 Å². The fourth-order valence-corrected chi connectivity index (χ4v) is 2.08. The van der Waals surface area contributed by atoms with Crippen molar-refractivity contribution in [2.75, 3.05) is 5.32 Å². The van der Waals surface area contributed by atoms with Crippen LogP contribution in [0.1, 0.15) is 11.1 Å². The van der Waals surface area contributed by atoms with Crippen LogP contribution in [-0.2, 0) is 0 Å². The zero-order valence-corrected chi connectivity index (χ0v) is 12.9. The molecule has 108 valence electrons. The zero-order valence-electron chi connectivity index (χ0n) is 11.4. The van der Waals surface area contributed by atoms with Gasteiger partial charge in [-0.05, 0) is 36.8 Å². The lowest BCUT2D eigenvalue weighted by Crippen LogP contribution is -2.23. The number of halogens is 2. The molecule has 0 saturated carbocycles. The first-order chi connectivity index (χ1) is 10.0. The van der Waals surface area contributed by atoms with Gasteiger partial charge in [0.05, 0.1) is 10.7 Å². The average Bonchev–Trinajstić information content (AvgIpc) is 2.43. The van der Waals surface area contributed by atoms with Crippen molar-refractivity contribution < 1.29 is 4.79 Å². The molecule has 0 radical (unpaired) electrons. The van der Waals surface area contributed by atoms with E-state index in [-0.39, 0.29) is 6.03 Å². The molecule has 21 heavy (non-hydrogen) atoms. The van der Waals surface area contributed by atoms with Crippen molar-refractivity contribution in [1.29, 1.82) is 0 Å². The third-order valence-electron chi connectivity index (χ3n) is 2.71. The van der Waals surface area contributed by atoms with Crippen molar-refractivity contribution in [3.8, 4) is 0 Å². The largest absolute Gasteiger partial charge is 0.323 e. The van der Waals surface area contributed by atoms with E-state index in [1.54, 1.807) is 24.4 Å². The number of benzene rings is 2. The van der Waals surface area contributed by atoms with Gasteiger partial charge in [-0.2, -0.15) is 0 Å². The smallest absolute Gasteiger partial charge is 0.314 e. The highest BCUT2D eigenvalue weighted by molar-refractivity contribution is 6.35. The summed E-state index contributed by atoms with van der Waals surface area (Å²) in [5, 5.41) is 6.18. The van der Waals surface area contributed by atoms with E-state index in [0.29, 0.717) is 15.7 Å². The number of hydrogen-bond donors (Lipinski definition) is 2. The summed E-state index contributed by atoms with van der Waals surface area (Å²) in [6, 6.07) is 12.4. The molecule has 2 amide bonds. The summed E-state index contributed by atoms with van der Waals surface area (Å²) in [7, 11) is 0. The number of hydrogen-bond acceptors (Lipinski definition) is 1. The molecule has 0 saturated heterocycles. The number of amides is 2. The molecule has 0 fully saturated rings. The summed E-state index contributed by atoms with van der Waals surface area (Å²) in [5.41, 5.74) is 2.63. The summed E-state index contributed by atoms with van der Waals surface area (Å²) in [6.45, 7) is 2.01. The van der Waals surface area contributed by atoms with Gasteiger partial charge in [0.25, 0.3) is 0 Å². The molecule has 2 rings (SSSR count). The molecular formula is C16H14Cl2N2O. The highest BCUT2D eigenvalue weighted by atomic mass is 35.5. The molecule has 3 nitrogen and oxygen atoms in total. The van der Waals surface area contributed by atoms with Crippen molar-refractivity contribution in [1.82, 2.24) is 5.32 Å². The third kappa shape index (κ3) is 4.81. The summed E-state index contributed by atoms with van der Waals surface area (Å²) in [6.07, 6.45) is 3.38. The average molecular weight is 321 g/mol. The number of anilines is 1. The van der Waals surface area contributed by atoms with E-state index in [1.807, 2.05) is 37.3 Å². The Morgan fingerprint density at radius 3 is 2.71 bits per heavy atom. The monoisotopic (exact) mass is 320 g/mol. The topological polar surface area (TPSA) is 41.1 Å². The van der Waals surface area contributed by atoms with Crippen molar-refractivity contribution in [3.63, 3.8) is 0 Å². The second-order valence-electron chi connectivity index (χ2n) is 4.47. The molecule has 2 aromatic rings. The lowest BCUT2D eigenvalue weighted by Gasteiger charge is -2.07. The van der Waals surface area contributed by atoms with Crippen molar-refractivity contribution in [3.05, 3.63) is 69.8 Å². The van der Waals surface area contributed by atoms with Crippen LogP contribution < -0.4 is 10.6 Å². The minimum atomic E-state index is -0.386. The van der Waals surface area contributed by atoms with Gasteiger partial charge in [0.15, 0.2) is 0 Å². The van der Waals surface area contributed by atoms with Crippen LogP contribution in [0.3, 0.4) is 0 Å². The Morgan fingerprint density at radius 1 is 1.14 bits per heavy atom. The van der Waals surface area contributed by atoms with E-state index >= 15 is 0 Å². The number of carbonyl (C=O) groups excluding carboxylic acids is 1. The molecule has 5 heteroatoms. The summed E-state index contributed by atoms with van der Waals surface area (Å²) in [4.78, 5) is 11.8. The van der Waals surface area contributed by atoms with Crippen molar-refractivity contribution in [2.45, 2.75) is 6.92 Å². The maximum absolute atomic E-state index is 11.8. The number of urea groups is 1. The van der Waals surface area contributed by atoms with Gasteiger partial charge in [0, 0.05) is 11.2 Å². The molecule has 2 aromatic carbocycles. The highest BCUT2D eigenvalue weighted by Gasteiger charge is 2.04. The van der Waals surface area contributed by atoms with Gasteiger partial charge in [-0.15, -0.1) is 0 Å². The number of nitrogens with one attached hydrogen (secondary N) is 2. The molecule has 0 aliphatic carbocycles. The molecular weight excluding hydrogens is 307 g/mol. The quantitative estimate of drug-likeness (QED) is 0.812. The Bertz CT molecular complexity index is 684. The van der Waals surface area contributed by atoms with Crippen LogP contribution in [0.2, 0.25) is 10.0 Å². The Balaban J connectivity index is 1.94. The summed E-state index contributed by atoms with van der Waals surface area (Å²) < 4.78 is 0. The van der Waals surface area contributed by atoms with Gasteiger partial charge in [-0.3, -0.25) is 0 Å². The summed E-state index contributed by atoms with van der Waals surface area (Å²) >= 11 is 11.8.